The summed E-state index contributed by atoms with van der Waals surface area (Å²) in [5, 5.41) is 6.27. The van der Waals surface area contributed by atoms with Crippen molar-refractivity contribution in [1.82, 2.24) is 0 Å². The maximum Gasteiger partial charge on any atom is 0.153 e. The molecule has 1 aliphatic heterocycles. The molecule has 4 rings (SSSR count). The normalized spacial score (nSPS) is 12.1. The van der Waals surface area contributed by atoms with Crippen molar-refractivity contribution < 1.29 is 4.74 Å². The molecule has 3 nitrogen and oxygen atoms in total. The summed E-state index contributed by atoms with van der Waals surface area (Å²) in [6.45, 7) is 0. The van der Waals surface area contributed by atoms with Crippen molar-refractivity contribution in [1.29, 1.82) is 0 Å². The lowest BCUT2D eigenvalue weighted by Crippen LogP contribution is -2.10. The second-order valence-electron chi connectivity index (χ2n) is 5.58. The Bertz CT molecular complexity index is 890. The van der Waals surface area contributed by atoms with Crippen LogP contribution in [0.3, 0.4) is 0 Å². The molecule has 22 heavy (non-hydrogen) atoms. The zero-order valence-electron chi connectivity index (χ0n) is 12.4. The zero-order valence-corrected chi connectivity index (χ0v) is 13.1. The van der Waals surface area contributed by atoms with E-state index in [0.29, 0.717) is 0 Å². The summed E-state index contributed by atoms with van der Waals surface area (Å²) >= 11 is 6.39. The second kappa shape index (κ2) is 4.82. The minimum atomic E-state index is 0.721. The number of anilines is 3. The lowest BCUT2D eigenvalue weighted by Gasteiger charge is -2.25. The molecule has 0 aromatic heterocycles. The molecule has 0 atom stereocenters. The molecule has 0 spiro atoms. The van der Waals surface area contributed by atoms with Gasteiger partial charge in [-0.25, -0.2) is 0 Å². The van der Waals surface area contributed by atoms with Crippen LogP contribution in [0, 0.1) is 0 Å². The SMILES string of the molecule is CN(C)c1ccc2c(c1)Oc1ccc3cccc(Cl)c3c1N2. The molecule has 1 heterocycles. The highest BCUT2D eigenvalue weighted by atomic mass is 35.5. The summed E-state index contributed by atoms with van der Waals surface area (Å²) in [5.74, 6) is 1.62. The summed E-state index contributed by atoms with van der Waals surface area (Å²) in [6.07, 6.45) is 0. The van der Waals surface area contributed by atoms with Gasteiger partial charge < -0.3 is 15.0 Å². The summed E-state index contributed by atoms with van der Waals surface area (Å²) in [5.41, 5.74) is 2.97. The van der Waals surface area contributed by atoms with Crippen LogP contribution in [0.1, 0.15) is 0 Å². The monoisotopic (exact) mass is 310 g/mol. The quantitative estimate of drug-likeness (QED) is 0.509. The van der Waals surface area contributed by atoms with Crippen molar-refractivity contribution in [3.05, 3.63) is 53.6 Å². The van der Waals surface area contributed by atoms with Crippen LogP contribution in [0.15, 0.2) is 48.5 Å². The van der Waals surface area contributed by atoms with E-state index in [1.807, 2.05) is 56.6 Å². The predicted octanol–water partition coefficient (Wildman–Crippen LogP) is 5.41. The maximum absolute atomic E-state index is 6.39. The molecular formula is C18H15ClN2O. The van der Waals surface area contributed by atoms with E-state index in [2.05, 4.69) is 16.3 Å². The Balaban J connectivity index is 1.88. The fourth-order valence-electron chi connectivity index (χ4n) is 2.75. The molecule has 0 bridgehead atoms. The van der Waals surface area contributed by atoms with Crippen molar-refractivity contribution in [2.24, 2.45) is 0 Å². The first-order valence-electron chi connectivity index (χ1n) is 7.11. The first kappa shape index (κ1) is 13.3. The van der Waals surface area contributed by atoms with E-state index in [0.717, 1.165) is 44.4 Å². The highest BCUT2D eigenvalue weighted by Crippen LogP contribution is 2.47. The number of hydrogen-bond acceptors (Lipinski definition) is 3. The molecule has 0 fully saturated rings. The summed E-state index contributed by atoms with van der Waals surface area (Å²) in [7, 11) is 4.03. The van der Waals surface area contributed by atoms with Gasteiger partial charge in [-0.3, -0.25) is 0 Å². The van der Waals surface area contributed by atoms with Gasteiger partial charge in [-0.1, -0.05) is 29.8 Å². The smallest absolute Gasteiger partial charge is 0.153 e. The van der Waals surface area contributed by atoms with Crippen molar-refractivity contribution >= 4 is 39.4 Å². The third kappa shape index (κ3) is 1.97. The van der Waals surface area contributed by atoms with E-state index in [1.165, 1.54) is 0 Å². The molecule has 0 unspecified atom stereocenters. The largest absolute Gasteiger partial charge is 0.453 e. The highest BCUT2D eigenvalue weighted by Gasteiger charge is 2.20. The summed E-state index contributed by atoms with van der Waals surface area (Å²) in [4.78, 5) is 2.05. The number of nitrogens with one attached hydrogen (secondary N) is 1. The Morgan fingerprint density at radius 1 is 1.00 bits per heavy atom. The number of ether oxygens (including phenoxy) is 1. The van der Waals surface area contributed by atoms with E-state index in [-0.39, 0.29) is 0 Å². The standard InChI is InChI=1S/C18H15ClN2O/c1-21(2)12-7-8-14-16(10-12)22-15-9-6-11-4-3-5-13(19)17(11)18(15)20-14/h3-10,20H,1-2H3. The average Bonchev–Trinajstić information content (AvgIpc) is 2.52. The summed E-state index contributed by atoms with van der Waals surface area (Å²) in [6, 6.07) is 16.0. The minimum absolute atomic E-state index is 0.721. The van der Waals surface area contributed by atoms with Crippen LogP contribution >= 0.6 is 11.6 Å². The van der Waals surface area contributed by atoms with Gasteiger partial charge in [0.25, 0.3) is 0 Å². The molecule has 1 N–H and O–H groups in total. The van der Waals surface area contributed by atoms with Crippen LogP contribution in [0.25, 0.3) is 10.8 Å². The molecule has 4 heteroatoms. The van der Waals surface area contributed by atoms with Crippen LogP contribution in [0.5, 0.6) is 11.5 Å². The van der Waals surface area contributed by atoms with Crippen LogP contribution in [0.2, 0.25) is 5.02 Å². The Labute approximate surface area is 134 Å². The third-order valence-corrected chi connectivity index (χ3v) is 4.23. The second-order valence-corrected chi connectivity index (χ2v) is 5.99. The van der Waals surface area contributed by atoms with E-state index >= 15 is 0 Å². The van der Waals surface area contributed by atoms with Crippen LogP contribution in [-0.4, -0.2) is 14.1 Å². The fraction of sp³-hybridized carbons (Fsp3) is 0.111. The molecule has 0 saturated carbocycles. The van der Waals surface area contributed by atoms with Gasteiger partial charge >= 0.3 is 0 Å². The molecule has 3 aromatic rings. The van der Waals surface area contributed by atoms with Crippen LogP contribution < -0.4 is 15.0 Å². The Kier molecular flexibility index (Phi) is 2.91. The minimum Gasteiger partial charge on any atom is -0.453 e. The first-order valence-corrected chi connectivity index (χ1v) is 7.49. The maximum atomic E-state index is 6.39. The van der Waals surface area contributed by atoms with Gasteiger partial charge in [0.2, 0.25) is 0 Å². The zero-order chi connectivity index (χ0) is 15.3. The highest BCUT2D eigenvalue weighted by molar-refractivity contribution is 6.37. The van der Waals surface area contributed by atoms with Crippen LogP contribution in [0.4, 0.5) is 17.1 Å². The molecule has 3 aromatic carbocycles. The Hall–Kier alpha value is -2.39. The van der Waals surface area contributed by atoms with Gasteiger partial charge in [-0.2, -0.15) is 0 Å². The third-order valence-electron chi connectivity index (χ3n) is 3.92. The van der Waals surface area contributed by atoms with Crippen molar-refractivity contribution in [2.45, 2.75) is 0 Å². The molecule has 1 aliphatic rings. The molecular weight excluding hydrogens is 296 g/mol. The lowest BCUT2D eigenvalue weighted by molar-refractivity contribution is 0.482. The number of nitrogens with zero attached hydrogens (tertiary/aromatic N) is 1. The average molecular weight is 311 g/mol. The molecule has 0 aliphatic carbocycles. The van der Waals surface area contributed by atoms with Gasteiger partial charge in [0, 0.05) is 31.2 Å². The van der Waals surface area contributed by atoms with Crippen molar-refractivity contribution in [3.8, 4) is 11.5 Å². The van der Waals surface area contributed by atoms with Gasteiger partial charge in [0.15, 0.2) is 11.5 Å². The van der Waals surface area contributed by atoms with Crippen molar-refractivity contribution in [3.63, 3.8) is 0 Å². The van der Waals surface area contributed by atoms with E-state index in [4.69, 9.17) is 16.3 Å². The van der Waals surface area contributed by atoms with Gasteiger partial charge in [-0.05, 0) is 29.7 Å². The van der Waals surface area contributed by atoms with Crippen molar-refractivity contribution in [2.75, 3.05) is 24.3 Å². The number of halogens is 1. The van der Waals surface area contributed by atoms with Crippen LogP contribution in [-0.2, 0) is 0 Å². The number of fused-ring (bicyclic) bond motifs is 4. The fourth-order valence-corrected chi connectivity index (χ4v) is 3.03. The molecule has 0 amide bonds. The number of rotatable bonds is 1. The summed E-state index contributed by atoms with van der Waals surface area (Å²) < 4.78 is 6.08. The van der Waals surface area contributed by atoms with Gasteiger partial charge in [0.1, 0.15) is 0 Å². The Morgan fingerprint density at radius 2 is 1.86 bits per heavy atom. The number of benzene rings is 3. The van der Waals surface area contributed by atoms with Gasteiger partial charge in [0.05, 0.1) is 16.4 Å². The first-order chi connectivity index (χ1) is 10.6. The number of hydrogen-bond donors (Lipinski definition) is 1. The lowest BCUT2D eigenvalue weighted by atomic mass is 10.1. The Morgan fingerprint density at radius 3 is 2.68 bits per heavy atom. The van der Waals surface area contributed by atoms with E-state index < -0.39 is 0 Å². The van der Waals surface area contributed by atoms with E-state index in [9.17, 15) is 0 Å². The van der Waals surface area contributed by atoms with Gasteiger partial charge in [-0.15, -0.1) is 0 Å². The molecule has 0 saturated heterocycles. The topological polar surface area (TPSA) is 24.5 Å². The molecule has 0 radical (unpaired) electrons. The predicted molar refractivity (Wildman–Crippen MR) is 93.1 cm³/mol. The van der Waals surface area contributed by atoms with E-state index in [1.54, 1.807) is 0 Å². The molecule has 110 valence electrons.